The normalized spacial score (nSPS) is 12.0. The molecular formula is C15H20N4O2. The first-order valence-corrected chi connectivity index (χ1v) is 7.03. The number of nitrogens with zero attached hydrogens (tertiary/aromatic N) is 2. The average Bonchev–Trinajstić information content (AvgIpc) is 2.90. The van der Waals surface area contributed by atoms with E-state index >= 15 is 0 Å². The number of carbonyl (C=O) groups is 1. The third-order valence-electron chi connectivity index (χ3n) is 3.16. The van der Waals surface area contributed by atoms with Crippen LogP contribution in [-0.2, 0) is 6.54 Å². The van der Waals surface area contributed by atoms with Crippen molar-refractivity contribution in [2.75, 3.05) is 5.32 Å². The molecule has 6 nitrogen and oxygen atoms in total. The van der Waals surface area contributed by atoms with Crippen LogP contribution in [0.1, 0.15) is 42.3 Å². The lowest BCUT2D eigenvalue weighted by molar-refractivity contribution is 0.0940. The topological polar surface area (TPSA) is 80.0 Å². The van der Waals surface area contributed by atoms with Gasteiger partial charge in [0.1, 0.15) is 0 Å². The molecule has 1 atom stereocenters. The number of carbonyl (C=O) groups excluding carboxylic acids is 1. The Balaban J connectivity index is 2.07. The summed E-state index contributed by atoms with van der Waals surface area (Å²) >= 11 is 0. The predicted molar refractivity (Wildman–Crippen MR) is 80.0 cm³/mol. The zero-order valence-electron chi connectivity index (χ0n) is 12.5. The van der Waals surface area contributed by atoms with Crippen molar-refractivity contribution in [2.45, 2.75) is 39.8 Å². The Morgan fingerprint density at radius 2 is 2.14 bits per heavy atom. The molecule has 0 aliphatic rings. The fraction of sp³-hybridized carbons (Fsp3) is 0.400. The first-order chi connectivity index (χ1) is 10.1. The number of rotatable bonds is 6. The molecule has 0 saturated carbocycles. The summed E-state index contributed by atoms with van der Waals surface area (Å²) in [5.74, 6) is 0.994. The van der Waals surface area contributed by atoms with Crippen LogP contribution < -0.4 is 10.6 Å². The highest BCUT2D eigenvalue weighted by Gasteiger charge is 2.13. The van der Waals surface area contributed by atoms with Gasteiger partial charge in [0.15, 0.2) is 5.82 Å². The molecule has 0 aliphatic carbocycles. The summed E-state index contributed by atoms with van der Waals surface area (Å²) in [5.41, 5.74) is 1.35. The number of aryl methyl sites for hydroxylation is 1. The number of hydrogen-bond acceptors (Lipinski definition) is 5. The third-order valence-corrected chi connectivity index (χ3v) is 3.16. The summed E-state index contributed by atoms with van der Waals surface area (Å²) in [6, 6.07) is 7.51. The van der Waals surface area contributed by atoms with Gasteiger partial charge in [0.2, 0.25) is 5.89 Å². The van der Waals surface area contributed by atoms with Crippen molar-refractivity contribution in [3.63, 3.8) is 0 Å². The molecule has 0 bridgehead atoms. The molecule has 0 radical (unpaired) electrons. The Kier molecular flexibility index (Phi) is 4.92. The summed E-state index contributed by atoms with van der Waals surface area (Å²) in [6.45, 7) is 6.16. The molecule has 1 heterocycles. The van der Waals surface area contributed by atoms with E-state index in [2.05, 4.69) is 20.8 Å². The lowest BCUT2D eigenvalue weighted by Crippen LogP contribution is -2.32. The highest BCUT2D eigenvalue weighted by molar-refractivity contribution is 5.99. The van der Waals surface area contributed by atoms with Crippen molar-refractivity contribution < 1.29 is 9.32 Å². The molecular weight excluding hydrogens is 268 g/mol. The summed E-state index contributed by atoms with van der Waals surface area (Å²) in [7, 11) is 0. The highest BCUT2D eigenvalue weighted by Crippen LogP contribution is 2.16. The van der Waals surface area contributed by atoms with Crippen molar-refractivity contribution in [1.29, 1.82) is 0 Å². The quantitative estimate of drug-likeness (QED) is 0.853. The molecule has 1 amide bonds. The van der Waals surface area contributed by atoms with Gasteiger partial charge in [-0.1, -0.05) is 24.2 Å². The van der Waals surface area contributed by atoms with Crippen LogP contribution >= 0.6 is 0 Å². The second-order valence-corrected chi connectivity index (χ2v) is 4.92. The summed E-state index contributed by atoms with van der Waals surface area (Å²) < 4.78 is 5.04. The van der Waals surface area contributed by atoms with Crippen LogP contribution in [0.15, 0.2) is 28.8 Å². The Morgan fingerprint density at radius 3 is 2.81 bits per heavy atom. The van der Waals surface area contributed by atoms with Gasteiger partial charge in [-0.25, -0.2) is 0 Å². The fourth-order valence-corrected chi connectivity index (χ4v) is 1.82. The molecule has 2 aromatic rings. The maximum Gasteiger partial charge on any atom is 0.253 e. The van der Waals surface area contributed by atoms with Gasteiger partial charge in [-0.05, 0) is 32.4 Å². The maximum atomic E-state index is 12.2. The van der Waals surface area contributed by atoms with Crippen LogP contribution in [0.4, 0.5) is 5.69 Å². The number of para-hydroxylation sites is 1. The van der Waals surface area contributed by atoms with Crippen LogP contribution in [0, 0.1) is 6.92 Å². The number of nitrogens with one attached hydrogen (secondary N) is 2. The van der Waals surface area contributed by atoms with Crippen LogP contribution in [-0.4, -0.2) is 22.1 Å². The molecule has 0 saturated heterocycles. The number of aromatic nitrogens is 2. The van der Waals surface area contributed by atoms with Gasteiger partial charge in [-0.15, -0.1) is 0 Å². The van der Waals surface area contributed by atoms with Crippen molar-refractivity contribution >= 4 is 11.6 Å². The molecule has 0 fully saturated rings. The lowest BCUT2D eigenvalue weighted by Gasteiger charge is -2.14. The van der Waals surface area contributed by atoms with Gasteiger partial charge in [0.05, 0.1) is 12.1 Å². The van der Waals surface area contributed by atoms with E-state index in [-0.39, 0.29) is 11.9 Å². The van der Waals surface area contributed by atoms with E-state index in [1.807, 2.05) is 32.0 Å². The molecule has 21 heavy (non-hydrogen) atoms. The Morgan fingerprint density at radius 1 is 1.38 bits per heavy atom. The van der Waals surface area contributed by atoms with Gasteiger partial charge in [0, 0.05) is 11.7 Å². The van der Waals surface area contributed by atoms with Crippen LogP contribution in [0.3, 0.4) is 0 Å². The molecule has 0 spiro atoms. The average molecular weight is 288 g/mol. The lowest BCUT2D eigenvalue weighted by atomic mass is 10.1. The summed E-state index contributed by atoms with van der Waals surface area (Å²) in [4.78, 5) is 16.4. The second-order valence-electron chi connectivity index (χ2n) is 4.92. The van der Waals surface area contributed by atoms with E-state index in [4.69, 9.17) is 4.52 Å². The minimum Gasteiger partial charge on any atom is -0.375 e. The largest absolute Gasteiger partial charge is 0.375 e. The third kappa shape index (κ3) is 4.05. The summed E-state index contributed by atoms with van der Waals surface area (Å²) in [6.07, 6.45) is 0.891. The zero-order valence-corrected chi connectivity index (χ0v) is 12.5. The van der Waals surface area contributed by atoms with Crippen molar-refractivity contribution in [3.8, 4) is 0 Å². The Labute approximate surface area is 123 Å². The molecule has 6 heteroatoms. The highest BCUT2D eigenvalue weighted by atomic mass is 16.5. The molecule has 2 rings (SSSR count). The first-order valence-electron chi connectivity index (χ1n) is 7.03. The zero-order chi connectivity index (χ0) is 15.2. The number of hydrogen-bond donors (Lipinski definition) is 2. The molecule has 0 aliphatic heterocycles. The van der Waals surface area contributed by atoms with E-state index < -0.39 is 0 Å². The molecule has 2 N–H and O–H groups in total. The fourth-order valence-electron chi connectivity index (χ4n) is 1.82. The van der Waals surface area contributed by atoms with Crippen LogP contribution in [0.25, 0.3) is 0 Å². The van der Waals surface area contributed by atoms with E-state index in [1.165, 1.54) is 0 Å². The Bertz CT molecular complexity index is 609. The standard InChI is InChI=1S/C15H20N4O2/c1-4-10(2)17-15(20)12-7-5-6-8-13(12)16-9-14-18-11(3)19-21-14/h5-8,10,16H,4,9H2,1-3H3,(H,17,20). The van der Waals surface area contributed by atoms with Gasteiger partial charge < -0.3 is 15.2 Å². The Hall–Kier alpha value is -2.37. The number of anilines is 1. The van der Waals surface area contributed by atoms with E-state index in [0.717, 1.165) is 12.1 Å². The van der Waals surface area contributed by atoms with Gasteiger partial charge in [0.25, 0.3) is 5.91 Å². The van der Waals surface area contributed by atoms with Crippen LogP contribution in [0.2, 0.25) is 0 Å². The van der Waals surface area contributed by atoms with E-state index in [0.29, 0.717) is 23.8 Å². The first kappa shape index (κ1) is 15.0. The SMILES string of the molecule is CCC(C)NC(=O)c1ccccc1NCc1nc(C)no1. The maximum absolute atomic E-state index is 12.2. The number of benzene rings is 1. The van der Waals surface area contributed by atoms with E-state index in [1.54, 1.807) is 13.0 Å². The monoisotopic (exact) mass is 288 g/mol. The van der Waals surface area contributed by atoms with Crippen molar-refractivity contribution in [1.82, 2.24) is 15.5 Å². The smallest absolute Gasteiger partial charge is 0.253 e. The molecule has 1 unspecified atom stereocenters. The predicted octanol–water partition coefficient (Wildman–Crippen LogP) is 2.52. The molecule has 1 aromatic heterocycles. The van der Waals surface area contributed by atoms with Gasteiger partial charge in [-0.3, -0.25) is 4.79 Å². The summed E-state index contributed by atoms with van der Waals surface area (Å²) in [5, 5.41) is 9.85. The molecule has 1 aromatic carbocycles. The minimum atomic E-state index is -0.0887. The molecule has 112 valence electrons. The van der Waals surface area contributed by atoms with Gasteiger partial charge in [-0.2, -0.15) is 4.98 Å². The van der Waals surface area contributed by atoms with E-state index in [9.17, 15) is 4.79 Å². The van der Waals surface area contributed by atoms with Crippen LogP contribution in [0.5, 0.6) is 0 Å². The van der Waals surface area contributed by atoms with Gasteiger partial charge >= 0.3 is 0 Å². The van der Waals surface area contributed by atoms with Crippen molar-refractivity contribution in [2.24, 2.45) is 0 Å². The minimum absolute atomic E-state index is 0.0887. The number of amides is 1. The second kappa shape index (κ2) is 6.88. The van der Waals surface area contributed by atoms with Crippen molar-refractivity contribution in [3.05, 3.63) is 41.5 Å².